The molecule has 0 aliphatic carbocycles. The van der Waals surface area contributed by atoms with Gasteiger partial charge in [-0.3, -0.25) is 3.67 Å². The molecule has 1 aliphatic heterocycles. The highest BCUT2D eigenvalue weighted by molar-refractivity contribution is 9.05. The van der Waals surface area contributed by atoms with Gasteiger partial charge in [-0.25, -0.2) is 0 Å². The number of quaternary nitrogens is 1. The second kappa shape index (κ2) is 2.33. The summed E-state index contributed by atoms with van der Waals surface area (Å²) in [4.78, 5) is 0. The van der Waals surface area contributed by atoms with Crippen molar-refractivity contribution in [3.8, 4) is 0 Å². The zero-order valence-electron chi connectivity index (χ0n) is 4.77. The van der Waals surface area contributed by atoms with Crippen LogP contribution in [0, 0.1) is 5.21 Å². The minimum Gasteiger partial charge on any atom is -0.622 e. The highest BCUT2D eigenvalue weighted by Crippen LogP contribution is 2.21. The van der Waals surface area contributed by atoms with Gasteiger partial charge in [-0.2, -0.15) is 0 Å². The SMILES string of the molecule is [O-][N+]1(Br)CCCCC1. The summed E-state index contributed by atoms with van der Waals surface area (Å²) in [5, 5.41) is 11.0. The Hall–Kier alpha value is 0.400. The van der Waals surface area contributed by atoms with Crippen molar-refractivity contribution >= 4 is 16.1 Å². The first-order valence-corrected chi connectivity index (χ1v) is 3.69. The largest absolute Gasteiger partial charge is 0.622 e. The molecule has 1 aliphatic rings. The van der Waals surface area contributed by atoms with Gasteiger partial charge in [0.25, 0.3) is 0 Å². The first kappa shape index (κ1) is 6.52. The molecule has 0 unspecified atom stereocenters. The zero-order chi connectivity index (χ0) is 6.04. The molecule has 0 spiro atoms. The van der Waals surface area contributed by atoms with Crippen LogP contribution in [0.25, 0.3) is 0 Å². The molecule has 0 N–H and O–H groups in total. The lowest BCUT2D eigenvalue weighted by Gasteiger charge is -2.37. The number of halogens is 1. The lowest BCUT2D eigenvalue weighted by molar-refractivity contribution is -0.731. The van der Waals surface area contributed by atoms with Crippen molar-refractivity contribution in [3.63, 3.8) is 0 Å². The van der Waals surface area contributed by atoms with Crippen LogP contribution in [0.1, 0.15) is 19.3 Å². The molecule has 1 fully saturated rings. The fourth-order valence-electron chi connectivity index (χ4n) is 0.984. The van der Waals surface area contributed by atoms with Gasteiger partial charge in [0, 0.05) is 0 Å². The molecule has 0 atom stereocenters. The average molecular weight is 180 g/mol. The molecule has 0 amide bonds. The highest BCUT2D eigenvalue weighted by Gasteiger charge is 2.16. The van der Waals surface area contributed by atoms with Crippen molar-refractivity contribution in [2.45, 2.75) is 19.3 Å². The van der Waals surface area contributed by atoms with E-state index in [0.717, 1.165) is 25.9 Å². The van der Waals surface area contributed by atoms with E-state index in [-0.39, 0.29) is 3.67 Å². The molecule has 0 radical (unpaired) electrons. The summed E-state index contributed by atoms with van der Waals surface area (Å²) in [6, 6.07) is 0. The third-order valence-corrected chi connectivity index (χ3v) is 2.19. The summed E-state index contributed by atoms with van der Waals surface area (Å²) in [5.41, 5.74) is 0. The molecule has 48 valence electrons. The quantitative estimate of drug-likeness (QED) is 0.411. The molecule has 0 saturated carbocycles. The third kappa shape index (κ3) is 1.73. The Morgan fingerprint density at radius 2 is 1.62 bits per heavy atom. The van der Waals surface area contributed by atoms with E-state index in [0.29, 0.717) is 0 Å². The van der Waals surface area contributed by atoms with Gasteiger partial charge in [-0.15, -0.1) is 0 Å². The molecule has 2 nitrogen and oxygen atoms in total. The summed E-state index contributed by atoms with van der Waals surface area (Å²) in [5.74, 6) is 0. The maximum atomic E-state index is 11.0. The maximum Gasteiger partial charge on any atom is 0.228 e. The van der Waals surface area contributed by atoms with Crippen LogP contribution in [0.3, 0.4) is 0 Å². The summed E-state index contributed by atoms with van der Waals surface area (Å²) >= 11 is 3.07. The summed E-state index contributed by atoms with van der Waals surface area (Å²) in [6.45, 7) is 1.50. The Kier molecular flexibility index (Phi) is 1.90. The van der Waals surface area contributed by atoms with Crippen molar-refractivity contribution in [1.29, 1.82) is 0 Å². The Morgan fingerprint density at radius 3 is 1.88 bits per heavy atom. The van der Waals surface area contributed by atoms with Crippen LogP contribution < -0.4 is 0 Å². The van der Waals surface area contributed by atoms with Crippen LogP contribution in [0.5, 0.6) is 0 Å². The number of rotatable bonds is 0. The fraction of sp³-hybridized carbons (Fsp3) is 1.00. The average Bonchev–Trinajstić information content (AvgIpc) is 1.65. The van der Waals surface area contributed by atoms with E-state index >= 15 is 0 Å². The van der Waals surface area contributed by atoms with Gasteiger partial charge in [-0.05, 0) is 19.3 Å². The normalized spacial score (nSPS) is 27.8. The standard InChI is InChI=1S/C5H10BrNO/c6-7(8)4-2-1-3-5-7/h1-5H2. The summed E-state index contributed by atoms with van der Waals surface area (Å²) < 4.78 is -0.188. The van der Waals surface area contributed by atoms with Crippen LogP contribution in [-0.2, 0) is 0 Å². The van der Waals surface area contributed by atoms with E-state index in [1.165, 1.54) is 6.42 Å². The van der Waals surface area contributed by atoms with Crippen molar-refractivity contribution in [2.75, 3.05) is 13.1 Å². The van der Waals surface area contributed by atoms with E-state index in [1.807, 2.05) is 0 Å². The molecule has 1 saturated heterocycles. The Morgan fingerprint density at radius 1 is 1.12 bits per heavy atom. The van der Waals surface area contributed by atoms with Gasteiger partial charge in [0.2, 0.25) is 16.1 Å². The lowest BCUT2D eigenvalue weighted by Crippen LogP contribution is -2.35. The van der Waals surface area contributed by atoms with Crippen LogP contribution >= 0.6 is 16.1 Å². The van der Waals surface area contributed by atoms with Crippen LogP contribution in [0.4, 0.5) is 0 Å². The zero-order valence-corrected chi connectivity index (χ0v) is 6.35. The number of piperidine rings is 1. The van der Waals surface area contributed by atoms with Gasteiger partial charge in [0.1, 0.15) is 0 Å². The van der Waals surface area contributed by atoms with Crippen molar-refractivity contribution < 1.29 is 3.67 Å². The van der Waals surface area contributed by atoms with Gasteiger partial charge in [0.05, 0.1) is 13.1 Å². The lowest BCUT2D eigenvalue weighted by atomic mass is 10.2. The molecular weight excluding hydrogens is 170 g/mol. The molecule has 1 heterocycles. The molecular formula is C5H10BrNO. The molecule has 3 heteroatoms. The smallest absolute Gasteiger partial charge is 0.228 e. The molecule has 1 rings (SSSR count). The van der Waals surface area contributed by atoms with E-state index in [4.69, 9.17) is 0 Å². The van der Waals surface area contributed by atoms with E-state index in [1.54, 1.807) is 0 Å². The topological polar surface area (TPSA) is 23.1 Å². The number of hydroxylamine groups is 2. The van der Waals surface area contributed by atoms with E-state index in [2.05, 4.69) is 16.1 Å². The first-order chi connectivity index (χ1) is 3.71. The molecule has 0 aromatic carbocycles. The fourth-order valence-corrected chi connectivity index (χ4v) is 1.49. The van der Waals surface area contributed by atoms with Gasteiger partial charge in [0.15, 0.2) is 0 Å². The molecule has 8 heavy (non-hydrogen) atoms. The third-order valence-electron chi connectivity index (χ3n) is 1.48. The van der Waals surface area contributed by atoms with Crippen molar-refractivity contribution in [1.82, 2.24) is 0 Å². The Balaban J connectivity index is 2.33. The first-order valence-electron chi connectivity index (χ1n) is 2.98. The van der Waals surface area contributed by atoms with E-state index < -0.39 is 0 Å². The number of hydrogen-bond acceptors (Lipinski definition) is 1. The van der Waals surface area contributed by atoms with Crippen LogP contribution in [0.15, 0.2) is 0 Å². The monoisotopic (exact) mass is 179 g/mol. The maximum absolute atomic E-state index is 11.0. The number of hydrogen-bond donors (Lipinski definition) is 0. The van der Waals surface area contributed by atoms with Gasteiger partial charge < -0.3 is 5.21 Å². The van der Waals surface area contributed by atoms with Crippen LogP contribution in [0.2, 0.25) is 0 Å². The van der Waals surface area contributed by atoms with Crippen LogP contribution in [-0.4, -0.2) is 16.8 Å². The number of nitrogens with zero attached hydrogens (tertiary/aromatic N) is 1. The molecule has 0 aromatic heterocycles. The second-order valence-electron chi connectivity index (χ2n) is 2.30. The Bertz CT molecular complexity index is 76.5. The summed E-state index contributed by atoms with van der Waals surface area (Å²) in [6.07, 6.45) is 3.39. The van der Waals surface area contributed by atoms with Gasteiger partial charge in [-0.1, -0.05) is 0 Å². The van der Waals surface area contributed by atoms with Crippen molar-refractivity contribution in [3.05, 3.63) is 5.21 Å². The molecule has 0 aromatic rings. The minimum absolute atomic E-state index is 0.188. The summed E-state index contributed by atoms with van der Waals surface area (Å²) in [7, 11) is 0. The van der Waals surface area contributed by atoms with Gasteiger partial charge >= 0.3 is 0 Å². The molecule has 0 bridgehead atoms. The predicted molar refractivity (Wildman–Crippen MR) is 36.1 cm³/mol. The minimum atomic E-state index is -0.188. The highest BCUT2D eigenvalue weighted by atomic mass is 79.9. The Labute approximate surface area is 58.0 Å². The predicted octanol–water partition coefficient (Wildman–Crippen LogP) is 1.79. The van der Waals surface area contributed by atoms with Crippen molar-refractivity contribution in [2.24, 2.45) is 0 Å². The second-order valence-corrected chi connectivity index (χ2v) is 3.59. The van der Waals surface area contributed by atoms with E-state index in [9.17, 15) is 5.21 Å².